The summed E-state index contributed by atoms with van der Waals surface area (Å²) in [6.07, 6.45) is 2.72. The van der Waals surface area contributed by atoms with Crippen LogP contribution in [0.4, 0.5) is 5.69 Å². The lowest BCUT2D eigenvalue weighted by molar-refractivity contribution is -0.142. The number of ether oxygens (including phenoxy) is 4. The Hall–Kier alpha value is -3.19. The van der Waals surface area contributed by atoms with Gasteiger partial charge in [-0.2, -0.15) is 0 Å². The number of methoxy groups -OCH3 is 3. The van der Waals surface area contributed by atoms with Gasteiger partial charge in [-0.05, 0) is 42.5 Å². The summed E-state index contributed by atoms with van der Waals surface area (Å²) < 4.78 is 20.3. The van der Waals surface area contributed by atoms with Crippen LogP contribution in [0.1, 0.15) is 5.56 Å². The molecule has 2 rings (SSSR count). The Morgan fingerprint density at radius 1 is 1.00 bits per heavy atom. The highest BCUT2D eigenvalue weighted by molar-refractivity contribution is 6.32. The SMILES string of the molecule is COc1ccc(OC)c(/C=C\C(=O)OCC(=O)Nc2ccc(OC)c(Cl)c2)c1. The van der Waals surface area contributed by atoms with Crippen LogP contribution in [-0.4, -0.2) is 39.8 Å². The van der Waals surface area contributed by atoms with Crippen LogP contribution in [0, 0.1) is 0 Å². The van der Waals surface area contributed by atoms with Crippen LogP contribution < -0.4 is 19.5 Å². The number of hydrogen-bond acceptors (Lipinski definition) is 6. The summed E-state index contributed by atoms with van der Waals surface area (Å²) >= 11 is 6.00. The molecule has 148 valence electrons. The largest absolute Gasteiger partial charge is 0.497 e. The summed E-state index contributed by atoms with van der Waals surface area (Å²) in [5.41, 5.74) is 1.10. The molecule has 0 aromatic heterocycles. The minimum Gasteiger partial charge on any atom is -0.497 e. The zero-order chi connectivity index (χ0) is 20.5. The lowest BCUT2D eigenvalue weighted by Crippen LogP contribution is -2.20. The van der Waals surface area contributed by atoms with E-state index >= 15 is 0 Å². The van der Waals surface area contributed by atoms with Crippen LogP contribution in [0.2, 0.25) is 5.02 Å². The van der Waals surface area contributed by atoms with Crippen molar-refractivity contribution in [3.05, 3.63) is 53.1 Å². The van der Waals surface area contributed by atoms with Crippen LogP contribution in [0.15, 0.2) is 42.5 Å². The minimum atomic E-state index is -0.673. The van der Waals surface area contributed by atoms with Crippen LogP contribution >= 0.6 is 11.6 Å². The first-order valence-electron chi connectivity index (χ1n) is 8.17. The molecule has 0 heterocycles. The van der Waals surface area contributed by atoms with Crippen LogP contribution in [-0.2, 0) is 14.3 Å². The number of benzene rings is 2. The maximum Gasteiger partial charge on any atom is 0.331 e. The van der Waals surface area contributed by atoms with Crippen LogP contribution in [0.25, 0.3) is 6.08 Å². The second kappa shape index (κ2) is 10.2. The number of carbonyl (C=O) groups excluding carboxylic acids is 2. The molecular weight excluding hydrogens is 386 g/mol. The molecule has 0 unspecified atom stereocenters. The first-order valence-corrected chi connectivity index (χ1v) is 8.55. The molecule has 0 atom stereocenters. The Kier molecular flexibility index (Phi) is 7.71. The van der Waals surface area contributed by atoms with Gasteiger partial charge >= 0.3 is 5.97 Å². The van der Waals surface area contributed by atoms with Gasteiger partial charge in [0.25, 0.3) is 5.91 Å². The molecule has 0 aliphatic carbocycles. The Balaban J connectivity index is 1.90. The number of hydrogen-bond donors (Lipinski definition) is 1. The monoisotopic (exact) mass is 405 g/mol. The third kappa shape index (κ3) is 5.92. The van der Waals surface area contributed by atoms with Gasteiger partial charge in [-0.3, -0.25) is 4.79 Å². The summed E-state index contributed by atoms with van der Waals surface area (Å²) in [5, 5.41) is 2.93. The first-order chi connectivity index (χ1) is 13.5. The fourth-order valence-corrected chi connectivity index (χ4v) is 2.51. The van der Waals surface area contributed by atoms with E-state index in [4.69, 9.17) is 30.5 Å². The number of amides is 1. The highest BCUT2D eigenvalue weighted by atomic mass is 35.5. The predicted octanol–water partition coefficient (Wildman–Crippen LogP) is 3.56. The standard InChI is InChI=1S/C20H20ClNO6/c1-25-15-6-8-17(26-2)13(10-15)4-9-20(24)28-12-19(23)22-14-5-7-18(27-3)16(21)11-14/h4-11H,12H2,1-3H3,(H,22,23)/b9-4-. The van der Waals surface area contributed by atoms with Crippen molar-refractivity contribution in [3.63, 3.8) is 0 Å². The molecular formula is C20H20ClNO6. The number of anilines is 1. The predicted molar refractivity (Wildman–Crippen MR) is 106 cm³/mol. The molecule has 1 amide bonds. The van der Waals surface area contributed by atoms with Gasteiger partial charge in [0, 0.05) is 17.3 Å². The van der Waals surface area contributed by atoms with Gasteiger partial charge in [0.2, 0.25) is 0 Å². The van der Waals surface area contributed by atoms with E-state index in [1.54, 1.807) is 30.3 Å². The van der Waals surface area contributed by atoms with E-state index in [1.165, 1.54) is 39.5 Å². The van der Waals surface area contributed by atoms with Crippen molar-refractivity contribution in [2.75, 3.05) is 33.3 Å². The van der Waals surface area contributed by atoms with Crippen molar-refractivity contribution >= 4 is 35.2 Å². The third-order valence-electron chi connectivity index (χ3n) is 3.62. The molecule has 0 bridgehead atoms. The van der Waals surface area contributed by atoms with Crippen molar-refractivity contribution in [1.82, 2.24) is 0 Å². The average molecular weight is 406 g/mol. The quantitative estimate of drug-likeness (QED) is 0.534. The molecule has 7 nitrogen and oxygen atoms in total. The van der Waals surface area contributed by atoms with Crippen molar-refractivity contribution in [1.29, 1.82) is 0 Å². The Labute approximate surface area is 167 Å². The van der Waals surface area contributed by atoms with E-state index in [0.29, 0.717) is 33.5 Å². The highest BCUT2D eigenvalue weighted by Gasteiger charge is 2.09. The molecule has 0 saturated carbocycles. The smallest absolute Gasteiger partial charge is 0.331 e. The lowest BCUT2D eigenvalue weighted by atomic mass is 10.1. The number of carbonyl (C=O) groups is 2. The molecule has 0 aliphatic rings. The molecule has 28 heavy (non-hydrogen) atoms. The second-order valence-electron chi connectivity index (χ2n) is 5.45. The normalized spacial score (nSPS) is 10.4. The van der Waals surface area contributed by atoms with Crippen molar-refractivity contribution < 1.29 is 28.5 Å². The van der Waals surface area contributed by atoms with E-state index in [-0.39, 0.29) is 0 Å². The van der Waals surface area contributed by atoms with Crippen molar-refractivity contribution in [2.24, 2.45) is 0 Å². The number of halogens is 1. The van der Waals surface area contributed by atoms with Crippen LogP contribution in [0.3, 0.4) is 0 Å². The van der Waals surface area contributed by atoms with E-state index < -0.39 is 18.5 Å². The summed E-state index contributed by atoms with van der Waals surface area (Å²) in [6, 6.07) is 9.95. The Morgan fingerprint density at radius 2 is 1.71 bits per heavy atom. The fraction of sp³-hybridized carbons (Fsp3) is 0.200. The maximum atomic E-state index is 11.9. The summed E-state index contributed by atoms with van der Waals surface area (Å²) in [5.74, 6) is 0.504. The van der Waals surface area contributed by atoms with Gasteiger partial charge in [-0.15, -0.1) is 0 Å². The van der Waals surface area contributed by atoms with Gasteiger partial charge in [-0.1, -0.05) is 11.6 Å². The molecule has 1 N–H and O–H groups in total. The van der Waals surface area contributed by atoms with Gasteiger partial charge in [0.15, 0.2) is 6.61 Å². The van der Waals surface area contributed by atoms with Gasteiger partial charge < -0.3 is 24.3 Å². The number of rotatable bonds is 8. The van der Waals surface area contributed by atoms with E-state index in [1.807, 2.05) is 0 Å². The zero-order valence-electron chi connectivity index (χ0n) is 15.7. The Morgan fingerprint density at radius 3 is 2.36 bits per heavy atom. The summed E-state index contributed by atoms with van der Waals surface area (Å²) in [6.45, 7) is -0.442. The van der Waals surface area contributed by atoms with E-state index in [9.17, 15) is 9.59 Å². The molecule has 0 fully saturated rings. The zero-order valence-corrected chi connectivity index (χ0v) is 16.4. The maximum absolute atomic E-state index is 11.9. The molecule has 0 radical (unpaired) electrons. The van der Waals surface area contributed by atoms with E-state index in [0.717, 1.165) is 0 Å². The van der Waals surface area contributed by atoms with E-state index in [2.05, 4.69) is 5.32 Å². The van der Waals surface area contributed by atoms with Crippen LogP contribution in [0.5, 0.6) is 17.2 Å². The van der Waals surface area contributed by atoms with Crippen molar-refractivity contribution in [3.8, 4) is 17.2 Å². The number of esters is 1. The number of nitrogens with one attached hydrogen (secondary N) is 1. The molecule has 8 heteroatoms. The van der Waals surface area contributed by atoms with Gasteiger partial charge in [0.05, 0.1) is 26.4 Å². The summed E-state index contributed by atoms with van der Waals surface area (Å²) in [4.78, 5) is 23.8. The molecule has 0 saturated heterocycles. The Bertz CT molecular complexity index is 881. The third-order valence-corrected chi connectivity index (χ3v) is 3.91. The van der Waals surface area contributed by atoms with Crippen molar-refractivity contribution in [2.45, 2.75) is 0 Å². The molecule has 0 spiro atoms. The topological polar surface area (TPSA) is 83.1 Å². The fourth-order valence-electron chi connectivity index (χ4n) is 2.25. The molecule has 0 aliphatic heterocycles. The van der Waals surface area contributed by atoms with Gasteiger partial charge in [-0.25, -0.2) is 4.79 Å². The second-order valence-corrected chi connectivity index (χ2v) is 5.85. The molecule has 2 aromatic rings. The average Bonchev–Trinajstić information content (AvgIpc) is 2.70. The summed E-state index contributed by atoms with van der Waals surface area (Å²) in [7, 11) is 4.55. The minimum absolute atomic E-state index is 0.354. The highest BCUT2D eigenvalue weighted by Crippen LogP contribution is 2.27. The van der Waals surface area contributed by atoms with Gasteiger partial charge in [0.1, 0.15) is 17.2 Å². The lowest BCUT2D eigenvalue weighted by Gasteiger charge is -2.08. The molecule has 2 aromatic carbocycles. The first kappa shape index (κ1) is 21.1.